The van der Waals surface area contributed by atoms with E-state index in [4.69, 9.17) is 15.2 Å². The number of amides is 1. The van der Waals surface area contributed by atoms with E-state index in [0.29, 0.717) is 17.2 Å². The van der Waals surface area contributed by atoms with Crippen LogP contribution in [0.15, 0.2) is 24.3 Å². The maximum Gasteiger partial charge on any atom is 0.348 e. The second-order valence-electron chi connectivity index (χ2n) is 4.63. The van der Waals surface area contributed by atoms with Gasteiger partial charge in [0.25, 0.3) is 0 Å². The van der Waals surface area contributed by atoms with Crippen LogP contribution in [0.25, 0.3) is 10.1 Å². The molecule has 2 rings (SSSR count). The molecule has 1 amide bonds. The van der Waals surface area contributed by atoms with Crippen LogP contribution in [0.5, 0.6) is 0 Å². The highest BCUT2D eigenvalue weighted by Crippen LogP contribution is 2.28. The Morgan fingerprint density at radius 2 is 2.09 bits per heavy atom. The third-order valence-electron chi connectivity index (χ3n) is 2.94. The molecule has 6 nitrogen and oxygen atoms in total. The smallest absolute Gasteiger partial charge is 0.348 e. The van der Waals surface area contributed by atoms with Gasteiger partial charge in [0.2, 0.25) is 5.91 Å². The number of anilines is 1. The Morgan fingerprint density at radius 3 is 2.74 bits per heavy atom. The van der Waals surface area contributed by atoms with Gasteiger partial charge in [-0.25, -0.2) is 4.79 Å². The molecule has 1 aromatic heterocycles. The number of halogens is 1. The molecule has 0 aliphatic carbocycles. The Kier molecular flexibility index (Phi) is 7.44. The molecule has 2 aromatic rings. The number of carbonyl (C=O) groups is 2. The van der Waals surface area contributed by atoms with E-state index in [9.17, 15) is 9.59 Å². The molecule has 0 aliphatic rings. The third-order valence-corrected chi connectivity index (χ3v) is 4.04. The second kappa shape index (κ2) is 8.83. The van der Waals surface area contributed by atoms with Crippen molar-refractivity contribution in [2.75, 3.05) is 25.6 Å². The summed E-state index contributed by atoms with van der Waals surface area (Å²) in [7, 11) is 1.49. The zero-order valence-electron chi connectivity index (χ0n) is 12.8. The molecule has 0 radical (unpaired) electrons. The summed E-state index contributed by atoms with van der Waals surface area (Å²) in [4.78, 5) is 24.1. The first kappa shape index (κ1) is 19.4. The molecule has 23 heavy (non-hydrogen) atoms. The van der Waals surface area contributed by atoms with Crippen LogP contribution < -0.4 is 11.1 Å². The molecule has 126 valence electrons. The maximum atomic E-state index is 11.8. The van der Waals surface area contributed by atoms with Gasteiger partial charge in [-0.1, -0.05) is 0 Å². The number of hydrogen-bond acceptors (Lipinski definition) is 6. The lowest BCUT2D eigenvalue weighted by Gasteiger charge is -2.11. The quantitative estimate of drug-likeness (QED) is 0.774. The average Bonchev–Trinajstić information content (AvgIpc) is 2.91. The molecule has 1 unspecified atom stereocenters. The van der Waals surface area contributed by atoms with E-state index >= 15 is 0 Å². The largest absolute Gasteiger partial charge is 0.462 e. The summed E-state index contributed by atoms with van der Waals surface area (Å²) >= 11 is 1.36. The molecule has 1 heterocycles. The molecule has 0 aliphatic heterocycles. The van der Waals surface area contributed by atoms with E-state index in [1.807, 2.05) is 6.07 Å². The maximum absolute atomic E-state index is 11.8. The van der Waals surface area contributed by atoms with Crippen LogP contribution in [0.3, 0.4) is 0 Å². The molecule has 0 bridgehead atoms. The van der Waals surface area contributed by atoms with Crippen LogP contribution in [0.2, 0.25) is 0 Å². The van der Waals surface area contributed by atoms with Gasteiger partial charge in [0.05, 0.1) is 13.2 Å². The molecular weight excluding hydrogens is 340 g/mol. The van der Waals surface area contributed by atoms with Crippen molar-refractivity contribution in [1.82, 2.24) is 0 Å². The zero-order valence-corrected chi connectivity index (χ0v) is 14.5. The Hall–Kier alpha value is -1.67. The lowest BCUT2D eigenvalue weighted by molar-refractivity contribution is -0.118. The van der Waals surface area contributed by atoms with Crippen molar-refractivity contribution in [2.24, 2.45) is 5.73 Å². The normalized spacial score (nSPS) is 11.6. The van der Waals surface area contributed by atoms with Crippen molar-refractivity contribution in [1.29, 1.82) is 0 Å². The fourth-order valence-electron chi connectivity index (χ4n) is 1.91. The molecule has 0 spiro atoms. The van der Waals surface area contributed by atoms with Gasteiger partial charge in [0, 0.05) is 17.5 Å². The predicted octanol–water partition coefficient (Wildman–Crippen LogP) is 2.41. The van der Waals surface area contributed by atoms with Crippen molar-refractivity contribution in [3.8, 4) is 0 Å². The zero-order chi connectivity index (χ0) is 16.1. The van der Waals surface area contributed by atoms with Crippen molar-refractivity contribution in [3.05, 3.63) is 29.1 Å². The first-order chi connectivity index (χ1) is 10.5. The number of methoxy groups -OCH3 is 1. The Balaban J connectivity index is 0.00000264. The molecule has 1 atom stereocenters. The minimum absolute atomic E-state index is 0. The van der Waals surface area contributed by atoms with Gasteiger partial charge in [0.1, 0.15) is 10.9 Å². The number of fused-ring (bicyclic) bond motifs is 1. The number of benzene rings is 1. The summed E-state index contributed by atoms with van der Waals surface area (Å²) < 4.78 is 10.8. The SMILES string of the molecule is CCOC(=O)c1cc2cc(NC(=O)C(N)COC)ccc2s1.Cl. The van der Waals surface area contributed by atoms with E-state index in [-0.39, 0.29) is 30.9 Å². The minimum Gasteiger partial charge on any atom is -0.462 e. The standard InChI is InChI=1S/C15H18N2O4S.ClH/c1-3-21-15(19)13-7-9-6-10(4-5-12(9)22-13)17-14(18)11(16)8-20-2;/h4-7,11H,3,8,16H2,1-2H3,(H,17,18);1H. The molecule has 8 heteroatoms. The lowest BCUT2D eigenvalue weighted by Crippen LogP contribution is -2.39. The number of thiophene rings is 1. The highest BCUT2D eigenvalue weighted by molar-refractivity contribution is 7.20. The van der Waals surface area contributed by atoms with Crippen molar-refractivity contribution in [2.45, 2.75) is 13.0 Å². The van der Waals surface area contributed by atoms with E-state index < -0.39 is 6.04 Å². The molecule has 0 fully saturated rings. The summed E-state index contributed by atoms with van der Waals surface area (Å²) in [5.41, 5.74) is 6.29. The third kappa shape index (κ3) is 4.90. The van der Waals surface area contributed by atoms with Gasteiger partial charge >= 0.3 is 5.97 Å². The summed E-state index contributed by atoms with van der Waals surface area (Å²) in [6.07, 6.45) is 0. The first-order valence-electron chi connectivity index (χ1n) is 6.81. The predicted molar refractivity (Wildman–Crippen MR) is 93.5 cm³/mol. The van der Waals surface area contributed by atoms with E-state index in [1.165, 1.54) is 18.4 Å². The Bertz CT molecular complexity index is 689. The topological polar surface area (TPSA) is 90.7 Å². The summed E-state index contributed by atoms with van der Waals surface area (Å²) in [6.45, 7) is 2.26. The first-order valence-corrected chi connectivity index (χ1v) is 7.63. The second-order valence-corrected chi connectivity index (χ2v) is 5.72. The lowest BCUT2D eigenvalue weighted by atomic mass is 10.2. The van der Waals surface area contributed by atoms with E-state index in [0.717, 1.165) is 10.1 Å². The van der Waals surface area contributed by atoms with E-state index in [2.05, 4.69) is 5.32 Å². The molecule has 0 saturated heterocycles. The highest BCUT2D eigenvalue weighted by atomic mass is 35.5. The average molecular weight is 359 g/mol. The van der Waals surface area contributed by atoms with Crippen LogP contribution in [0.1, 0.15) is 16.6 Å². The van der Waals surface area contributed by atoms with Crippen LogP contribution in [-0.4, -0.2) is 38.2 Å². The van der Waals surface area contributed by atoms with Crippen LogP contribution in [0, 0.1) is 0 Å². The van der Waals surface area contributed by atoms with Crippen LogP contribution >= 0.6 is 23.7 Å². The molecule has 0 saturated carbocycles. The monoisotopic (exact) mass is 358 g/mol. The van der Waals surface area contributed by atoms with Gasteiger partial charge in [0.15, 0.2) is 0 Å². The van der Waals surface area contributed by atoms with Gasteiger partial charge < -0.3 is 20.5 Å². The Labute approximate surface area is 144 Å². The number of nitrogens with one attached hydrogen (secondary N) is 1. The van der Waals surface area contributed by atoms with Gasteiger partial charge in [-0.15, -0.1) is 23.7 Å². The molecular formula is C15H19ClN2O4S. The van der Waals surface area contributed by atoms with E-state index in [1.54, 1.807) is 25.1 Å². The minimum atomic E-state index is -0.724. The van der Waals surface area contributed by atoms with Gasteiger partial charge in [-0.05, 0) is 36.6 Å². The number of nitrogens with two attached hydrogens (primary N) is 1. The summed E-state index contributed by atoms with van der Waals surface area (Å²) in [5.74, 6) is -0.654. The van der Waals surface area contributed by atoms with Crippen molar-refractivity contribution < 1.29 is 19.1 Å². The van der Waals surface area contributed by atoms with Gasteiger partial charge in [-0.2, -0.15) is 0 Å². The number of carbonyl (C=O) groups excluding carboxylic acids is 2. The number of rotatable bonds is 6. The Morgan fingerprint density at radius 1 is 1.35 bits per heavy atom. The van der Waals surface area contributed by atoms with Crippen molar-refractivity contribution >= 4 is 51.4 Å². The fraction of sp³-hybridized carbons (Fsp3) is 0.333. The fourth-order valence-corrected chi connectivity index (χ4v) is 2.85. The highest BCUT2D eigenvalue weighted by Gasteiger charge is 2.15. The number of hydrogen-bond donors (Lipinski definition) is 2. The van der Waals surface area contributed by atoms with Crippen molar-refractivity contribution in [3.63, 3.8) is 0 Å². The molecule has 1 aromatic carbocycles. The van der Waals surface area contributed by atoms with Crippen LogP contribution in [-0.2, 0) is 14.3 Å². The van der Waals surface area contributed by atoms with Gasteiger partial charge in [-0.3, -0.25) is 4.79 Å². The summed E-state index contributed by atoms with van der Waals surface area (Å²) in [5, 5.41) is 3.59. The molecule has 3 N–H and O–H groups in total. The summed E-state index contributed by atoms with van der Waals surface area (Å²) in [6, 6.07) is 6.44. The number of ether oxygens (including phenoxy) is 2. The van der Waals surface area contributed by atoms with Crippen LogP contribution in [0.4, 0.5) is 5.69 Å². The number of esters is 1.